The van der Waals surface area contributed by atoms with Crippen LogP contribution in [0.1, 0.15) is 45.4 Å². The Kier molecular flexibility index (Phi) is 5.01. The highest BCUT2D eigenvalue weighted by molar-refractivity contribution is 5.79. The molecule has 2 rings (SSSR count). The minimum absolute atomic E-state index is 0.324. The van der Waals surface area contributed by atoms with Crippen molar-refractivity contribution >= 4 is 5.91 Å². The first-order chi connectivity index (χ1) is 8.70. The molecular weight excluding hydrogens is 226 g/mol. The van der Waals surface area contributed by atoms with Gasteiger partial charge >= 0.3 is 0 Å². The summed E-state index contributed by atoms with van der Waals surface area (Å²) in [6.07, 6.45) is 6.85. The quantitative estimate of drug-likeness (QED) is 0.801. The van der Waals surface area contributed by atoms with Gasteiger partial charge in [-0.3, -0.25) is 9.69 Å². The van der Waals surface area contributed by atoms with Gasteiger partial charge in [-0.1, -0.05) is 6.92 Å². The predicted molar refractivity (Wildman–Crippen MR) is 73.3 cm³/mol. The second-order valence-electron chi connectivity index (χ2n) is 5.77. The van der Waals surface area contributed by atoms with Crippen LogP contribution in [0.3, 0.4) is 0 Å². The molecule has 1 aliphatic heterocycles. The summed E-state index contributed by atoms with van der Waals surface area (Å²) in [6, 6.07) is 0.964. The molecule has 1 saturated heterocycles. The van der Waals surface area contributed by atoms with Crippen LogP contribution in [0.25, 0.3) is 0 Å². The van der Waals surface area contributed by atoms with Crippen molar-refractivity contribution in [2.75, 3.05) is 26.2 Å². The number of rotatable bonds is 5. The van der Waals surface area contributed by atoms with Crippen LogP contribution in [-0.2, 0) is 4.79 Å². The third-order valence-corrected chi connectivity index (χ3v) is 4.32. The largest absolute Gasteiger partial charge is 0.341 e. The fraction of sp³-hybridized carbons (Fsp3) is 0.929. The van der Waals surface area contributed by atoms with Gasteiger partial charge in [0.1, 0.15) is 0 Å². The molecule has 0 aromatic carbocycles. The van der Waals surface area contributed by atoms with E-state index in [9.17, 15) is 4.79 Å². The summed E-state index contributed by atoms with van der Waals surface area (Å²) in [5, 5.41) is 0. The lowest BCUT2D eigenvalue weighted by atomic mass is 9.90. The number of nitrogens with zero attached hydrogens (tertiary/aromatic N) is 2. The molecule has 1 aliphatic carbocycles. The van der Waals surface area contributed by atoms with Gasteiger partial charge in [-0.25, -0.2) is 0 Å². The van der Waals surface area contributed by atoms with Crippen LogP contribution in [-0.4, -0.2) is 54.0 Å². The molecule has 0 bridgehead atoms. The average molecular weight is 253 g/mol. The molecule has 18 heavy (non-hydrogen) atoms. The Hall–Kier alpha value is -0.610. The normalized spacial score (nSPS) is 28.3. The molecule has 2 aliphatic rings. The highest BCUT2D eigenvalue weighted by atomic mass is 16.2. The Morgan fingerprint density at radius 3 is 2.44 bits per heavy atom. The number of hydrogen-bond acceptors (Lipinski definition) is 3. The van der Waals surface area contributed by atoms with Gasteiger partial charge < -0.3 is 10.6 Å². The number of carbonyl (C=O) groups is 1. The van der Waals surface area contributed by atoms with Crippen LogP contribution >= 0.6 is 0 Å². The molecule has 104 valence electrons. The number of amides is 1. The van der Waals surface area contributed by atoms with E-state index >= 15 is 0 Å². The standard InChI is InChI=1S/C14H27N3O/c1-2-8-17(11-14(18)16-9-3-10-16)13-6-4-12(15)5-7-13/h12-13H,2-11,15H2,1H3. The van der Waals surface area contributed by atoms with Crippen molar-refractivity contribution in [1.29, 1.82) is 0 Å². The smallest absolute Gasteiger partial charge is 0.236 e. The molecule has 1 amide bonds. The molecule has 1 saturated carbocycles. The van der Waals surface area contributed by atoms with E-state index in [1.165, 1.54) is 6.42 Å². The minimum Gasteiger partial charge on any atom is -0.341 e. The summed E-state index contributed by atoms with van der Waals surface area (Å²) in [5.74, 6) is 0.324. The van der Waals surface area contributed by atoms with E-state index in [1.54, 1.807) is 0 Å². The second kappa shape index (κ2) is 6.53. The Labute approximate surface area is 110 Å². The summed E-state index contributed by atoms with van der Waals surface area (Å²) in [5.41, 5.74) is 5.96. The SMILES string of the molecule is CCCN(CC(=O)N1CCC1)C1CCC(N)CC1. The van der Waals surface area contributed by atoms with Gasteiger partial charge in [0.05, 0.1) is 6.54 Å². The lowest BCUT2D eigenvalue weighted by Crippen LogP contribution is -2.50. The Bertz CT molecular complexity index is 270. The Morgan fingerprint density at radius 1 is 1.28 bits per heavy atom. The molecule has 0 spiro atoms. The molecule has 2 fully saturated rings. The zero-order chi connectivity index (χ0) is 13.0. The highest BCUT2D eigenvalue weighted by Gasteiger charge is 2.28. The summed E-state index contributed by atoms with van der Waals surface area (Å²) in [4.78, 5) is 16.5. The molecular formula is C14H27N3O. The van der Waals surface area contributed by atoms with Crippen LogP contribution < -0.4 is 5.73 Å². The van der Waals surface area contributed by atoms with Crippen molar-refractivity contribution in [3.05, 3.63) is 0 Å². The summed E-state index contributed by atoms with van der Waals surface area (Å²) >= 11 is 0. The lowest BCUT2D eigenvalue weighted by Gasteiger charge is -2.38. The molecule has 0 unspecified atom stereocenters. The maximum atomic E-state index is 12.1. The number of likely N-dealkylation sites (tertiary alicyclic amines) is 1. The lowest BCUT2D eigenvalue weighted by molar-refractivity contribution is -0.136. The van der Waals surface area contributed by atoms with Gasteiger partial charge in [0, 0.05) is 25.2 Å². The summed E-state index contributed by atoms with van der Waals surface area (Å²) < 4.78 is 0. The van der Waals surface area contributed by atoms with Crippen molar-refractivity contribution in [1.82, 2.24) is 9.80 Å². The topological polar surface area (TPSA) is 49.6 Å². The first-order valence-electron chi connectivity index (χ1n) is 7.48. The summed E-state index contributed by atoms with van der Waals surface area (Å²) in [7, 11) is 0. The predicted octanol–water partition coefficient (Wildman–Crippen LogP) is 1.20. The van der Waals surface area contributed by atoms with Gasteiger partial charge in [-0.2, -0.15) is 0 Å². The van der Waals surface area contributed by atoms with Gasteiger partial charge in [0.2, 0.25) is 5.91 Å². The van der Waals surface area contributed by atoms with E-state index in [0.717, 1.165) is 51.7 Å². The first-order valence-corrected chi connectivity index (χ1v) is 7.48. The Balaban J connectivity index is 1.84. The van der Waals surface area contributed by atoms with Gasteiger partial charge in [-0.15, -0.1) is 0 Å². The van der Waals surface area contributed by atoms with Crippen LogP contribution in [0.2, 0.25) is 0 Å². The molecule has 4 heteroatoms. The Morgan fingerprint density at radius 2 is 1.94 bits per heavy atom. The molecule has 0 aromatic rings. The van der Waals surface area contributed by atoms with E-state index in [4.69, 9.17) is 5.73 Å². The zero-order valence-corrected chi connectivity index (χ0v) is 11.6. The third kappa shape index (κ3) is 3.45. The second-order valence-corrected chi connectivity index (χ2v) is 5.77. The molecule has 2 N–H and O–H groups in total. The maximum absolute atomic E-state index is 12.1. The monoisotopic (exact) mass is 253 g/mol. The van der Waals surface area contributed by atoms with Crippen molar-refractivity contribution in [2.24, 2.45) is 5.73 Å². The van der Waals surface area contributed by atoms with E-state index < -0.39 is 0 Å². The number of hydrogen-bond donors (Lipinski definition) is 1. The molecule has 1 heterocycles. The maximum Gasteiger partial charge on any atom is 0.236 e. The third-order valence-electron chi connectivity index (χ3n) is 4.32. The first kappa shape index (κ1) is 13.8. The van der Waals surface area contributed by atoms with E-state index in [-0.39, 0.29) is 0 Å². The van der Waals surface area contributed by atoms with Crippen LogP contribution in [0.15, 0.2) is 0 Å². The molecule has 0 aromatic heterocycles. The highest BCUT2D eigenvalue weighted by Crippen LogP contribution is 2.22. The van der Waals surface area contributed by atoms with Crippen molar-refractivity contribution in [3.63, 3.8) is 0 Å². The zero-order valence-electron chi connectivity index (χ0n) is 11.6. The van der Waals surface area contributed by atoms with Crippen LogP contribution in [0, 0.1) is 0 Å². The molecule has 0 radical (unpaired) electrons. The number of carbonyl (C=O) groups excluding carboxylic acids is 1. The average Bonchev–Trinajstić information content (AvgIpc) is 2.27. The molecule has 4 nitrogen and oxygen atoms in total. The van der Waals surface area contributed by atoms with Crippen molar-refractivity contribution in [3.8, 4) is 0 Å². The van der Waals surface area contributed by atoms with Gasteiger partial charge in [0.15, 0.2) is 0 Å². The van der Waals surface area contributed by atoms with Crippen molar-refractivity contribution in [2.45, 2.75) is 57.5 Å². The van der Waals surface area contributed by atoms with Crippen LogP contribution in [0.5, 0.6) is 0 Å². The fourth-order valence-corrected chi connectivity index (χ4v) is 2.98. The van der Waals surface area contributed by atoms with E-state index in [0.29, 0.717) is 24.5 Å². The van der Waals surface area contributed by atoms with Crippen LogP contribution in [0.4, 0.5) is 0 Å². The molecule has 0 atom stereocenters. The minimum atomic E-state index is 0.324. The van der Waals surface area contributed by atoms with Crippen molar-refractivity contribution < 1.29 is 4.79 Å². The fourth-order valence-electron chi connectivity index (χ4n) is 2.98. The van der Waals surface area contributed by atoms with Gasteiger partial charge in [-0.05, 0) is 45.1 Å². The van der Waals surface area contributed by atoms with E-state index in [2.05, 4.69) is 11.8 Å². The van der Waals surface area contributed by atoms with Gasteiger partial charge in [0.25, 0.3) is 0 Å². The van der Waals surface area contributed by atoms with E-state index in [1.807, 2.05) is 4.90 Å². The summed E-state index contributed by atoms with van der Waals surface area (Å²) in [6.45, 7) is 5.78. The number of nitrogens with two attached hydrogens (primary N) is 1.